The second-order valence-corrected chi connectivity index (χ2v) is 8.80. The minimum Gasteiger partial charge on any atom is -0.445 e. The highest BCUT2D eigenvalue weighted by Crippen LogP contribution is 2.29. The number of rotatable bonds is 3. The van der Waals surface area contributed by atoms with Gasteiger partial charge in [0.15, 0.2) is 0 Å². The van der Waals surface area contributed by atoms with Gasteiger partial charge in [-0.3, -0.25) is 0 Å². The van der Waals surface area contributed by atoms with Crippen LogP contribution in [0.2, 0.25) is 0 Å². The lowest BCUT2D eigenvalue weighted by Crippen LogP contribution is -2.54. The largest absolute Gasteiger partial charge is 0.445 e. The summed E-state index contributed by atoms with van der Waals surface area (Å²) in [4.78, 5) is 32.0. The number of carbonyl (C=O) groups excluding carboxylic acids is 2. The van der Waals surface area contributed by atoms with E-state index in [0.29, 0.717) is 39.3 Å². The van der Waals surface area contributed by atoms with E-state index in [0.717, 1.165) is 22.4 Å². The van der Waals surface area contributed by atoms with Crippen molar-refractivity contribution < 1.29 is 19.4 Å². The summed E-state index contributed by atoms with van der Waals surface area (Å²) in [5, 5.41) is 9.42. The molecular formula is C23H27N3O4S. The molecule has 0 bridgehead atoms. The van der Waals surface area contributed by atoms with Crippen LogP contribution in [-0.2, 0) is 24.5 Å². The maximum atomic E-state index is 13.1. The molecule has 0 aliphatic carbocycles. The number of hydrogen-bond donors (Lipinski definition) is 1. The van der Waals surface area contributed by atoms with Crippen LogP contribution < -0.4 is 0 Å². The van der Waals surface area contributed by atoms with Crippen LogP contribution >= 0.6 is 11.8 Å². The summed E-state index contributed by atoms with van der Waals surface area (Å²) in [6.45, 7) is 3.37. The van der Waals surface area contributed by atoms with E-state index in [1.54, 1.807) is 16.7 Å². The van der Waals surface area contributed by atoms with Gasteiger partial charge in [-0.2, -0.15) is 0 Å². The van der Waals surface area contributed by atoms with Gasteiger partial charge in [0.05, 0.1) is 6.61 Å². The zero-order valence-electron chi connectivity index (χ0n) is 17.4. The Morgan fingerprint density at radius 3 is 2.39 bits per heavy atom. The number of fused-ring (bicyclic) bond motifs is 1. The van der Waals surface area contributed by atoms with E-state index in [4.69, 9.17) is 4.74 Å². The molecular weight excluding hydrogens is 414 g/mol. The minimum absolute atomic E-state index is 0.000143. The summed E-state index contributed by atoms with van der Waals surface area (Å²) in [7, 11) is 0. The van der Waals surface area contributed by atoms with Crippen molar-refractivity contribution in [1.82, 2.24) is 14.7 Å². The summed E-state index contributed by atoms with van der Waals surface area (Å²) in [5.41, 5.74) is 2.88. The first-order valence-corrected chi connectivity index (χ1v) is 11.5. The third-order valence-corrected chi connectivity index (χ3v) is 6.67. The third-order valence-electron chi connectivity index (χ3n) is 5.57. The molecule has 2 aliphatic heterocycles. The van der Waals surface area contributed by atoms with Gasteiger partial charge >= 0.3 is 12.1 Å². The van der Waals surface area contributed by atoms with Crippen LogP contribution in [0.5, 0.6) is 0 Å². The SMILES string of the molecule is O=C(OCc1ccccc1)N1CCN(C(=O)N2CCSc3ccc(CO)cc3C2)CC1. The Balaban J connectivity index is 1.30. The van der Waals surface area contributed by atoms with E-state index in [1.807, 2.05) is 58.3 Å². The summed E-state index contributed by atoms with van der Waals surface area (Å²) >= 11 is 1.74. The van der Waals surface area contributed by atoms with Crippen molar-refractivity contribution in [2.75, 3.05) is 38.5 Å². The smallest absolute Gasteiger partial charge is 0.410 e. The molecule has 0 aromatic heterocycles. The number of piperazine rings is 1. The Labute approximate surface area is 186 Å². The van der Waals surface area contributed by atoms with Crippen molar-refractivity contribution in [2.24, 2.45) is 0 Å². The quantitative estimate of drug-likeness (QED) is 0.792. The maximum absolute atomic E-state index is 13.1. The van der Waals surface area contributed by atoms with Crippen LogP contribution in [0.1, 0.15) is 16.7 Å². The number of hydrogen-bond acceptors (Lipinski definition) is 5. The lowest BCUT2D eigenvalue weighted by Gasteiger charge is -2.36. The minimum atomic E-state index is -0.340. The van der Waals surface area contributed by atoms with Gasteiger partial charge in [0.25, 0.3) is 0 Å². The van der Waals surface area contributed by atoms with Crippen molar-refractivity contribution in [3.8, 4) is 0 Å². The van der Waals surface area contributed by atoms with Gasteiger partial charge in [0.1, 0.15) is 6.61 Å². The summed E-state index contributed by atoms with van der Waals surface area (Å²) in [6, 6.07) is 15.5. The summed E-state index contributed by atoms with van der Waals surface area (Å²) < 4.78 is 5.41. The third kappa shape index (κ3) is 5.32. The highest BCUT2D eigenvalue weighted by Gasteiger charge is 2.29. The van der Waals surface area contributed by atoms with Gasteiger partial charge in [0.2, 0.25) is 0 Å². The van der Waals surface area contributed by atoms with E-state index in [1.165, 1.54) is 4.90 Å². The highest BCUT2D eigenvalue weighted by atomic mass is 32.2. The molecule has 31 heavy (non-hydrogen) atoms. The lowest BCUT2D eigenvalue weighted by molar-refractivity contribution is 0.0714. The van der Waals surface area contributed by atoms with Crippen LogP contribution in [0.25, 0.3) is 0 Å². The number of aliphatic hydroxyl groups is 1. The molecule has 1 N–H and O–H groups in total. The van der Waals surface area contributed by atoms with E-state index >= 15 is 0 Å². The van der Waals surface area contributed by atoms with Gasteiger partial charge in [-0.15, -0.1) is 11.8 Å². The van der Waals surface area contributed by atoms with Crippen molar-refractivity contribution >= 4 is 23.9 Å². The molecule has 0 atom stereocenters. The van der Waals surface area contributed by atoms with E-state index < -0.39 is 0 Å². The van der Waals surface area contributed by atoms with Crippen molar-refractivity contribution in [2.45, 2.75) is 24.7 Å². The van der Waals surface area contributed by atoms with Crippen LogP contribution in [-0.4, -0.2) is 70.4 Å². The standard InChI is InChI=1S/C23H27N3O4S/c27-16-19-6-7-21-20(14-19)15-26(12-13-31-21)22(28)24-8-10-25(11-9-24)23(29)30-17-18-4-2-1-3-5-18/h1-7,14,27H,8-13,15-17H2. The second-order valence-electron chi connectivity index (χ2n) is 7.67. The Bertz CT molecular complexity index is 916. The molecule has 0 saturated carbocycles. The molecule has 0 radical (unpaired) electrons. The Morgan fingerprint density at radius 2 is 1.65 bits per heavy atom. The molecule has 2 aromatic rings. The molecule has 0 spiro atoms. The van der Waals surface area contributed by atoms with Crippen LogP contribution in [0.15, 0.2) is 53.4 Å². The Morgan fingerprint density at radius 1 is 0.903 bits per heavy atom. The van der Waals surface area contributed by atoms with Crippen molar-refractivity contribution in [1.29, 1.82) is 0 Å². The fourth-order valence-electron chi connectivity index (χ4n) is 3.80. The first-order valence-electron chi connectivity index (χ1n) is 10.5. The van der Waals surface area contributed by atoms with Gasteiger partial charge in [-0.05, 0) is 22.8 Å². The first kappa shape index (κ1) is 21.5. The number of thioether (sulfide) groups is 1. The number of aliphatic hydroxyl groups excluding tert-OH is 1. The predicted octanol–water partition coefficient (Wildman–Crippen LogP) is 3.16. The molecule has 4 rings (SSSR count). The predicted molar refractivity (Wildman–Crippen MR) is 119 cm³/mol. The molecule has 0 unspecified atom stereocenters. The fourth-order valence-corrected chi connectivity index (χ4v) is 4.80. The molecule has 2 aromatic carbocycles. The average Bonchev–Trinajstić information content (AvgIpc) is 3.04. The van der Waals surface area contributed by atoms with Gasteiger partial charge < -0.3 is 24.5 Å². The number of carbonyl (C=O) groups is 2. The van der Waals surface area contributed by atoms with Crippen LogP contribution in [0.4, 0.5) is 9.59 Å². The Kier molecular flexibility index (Phi) is 6.99. The molecule has 8 heteroatoms. The summed E-state index contributed by atoms with van der Waals surface area (Å²) in [5.74, 6) is 0.836. The van der Waals surface area contributed by atoms with E-state index in [9.17, 15) is 14.7 Å². The zero-order valence-corrected chi connectivity index (χ0v) is 18.2. The second kappa shape index (κ2) is 10.1. The van der Waals surface area contributed by atoms with Crippen LogP contribution in [0.3, 0.4) is 0 Å². The first-order chi connectivity index (χ1) is 15.1. The maximum Gasteiger partial charge on any atom is 0.410 e. The normalized spacial score (nSPS) is 16.5. The number of ether oxygens (including phenoxy) is 1. The number of nitrogens with zero attached hydrogens (tertiary/aromatic N) is 3. The van der Waals surface area contributed by atoms with E-state index in [2.05, 4.69) is 0 Å². The molecule has 3 amide bonds. The van der Waals surface area contributed by atoms with Crippen molar-refractivity contribution in [3.05, 3.63) is 65.2 Å². The summed E-state index contributed by atoms with van der Waals surface area (Å²) in [6.07, 6.45) is -0.340. The molecule has 7 nitrogen and oxygen atoms in total. The lowest BCUT2D eigenvalue weighted by atomic mass is 10.1. The van der Waals surface area contributed by atoms with Gasteiger partial charge in [-0.25, -0.2) is 9.59 Å². The molecule has 2 aliphatic rings. The zero-order chi connectivity index (χ0) is 21.6. The molecule has 164 valence electrons. The monoisotopic (exact) mass is 441 g/mol. The number of urea groups is 1. The highest BCUT2D eigenvalue weighted by molar-refractivity contribution is 7.99. The van der Waals surface area contributed by atoms with E-state index in [-0.39, 0.29) is 25.3 Å². The van der Waals surface area contributed by atoms with Crippen molar-refractivity contribution in [3.63, 3.8) is 0 Å². The number of amides is 3. The molecule has 1 saturated heterocycles. The molecule has 1 fully saturated rings. The topological polar surface area (TPSA) is 73.3 Å². The van der Waals surface area contributed by atoms with Crippen LogP contribution in [0, 0.1) is 0 Å². The van der Waals surface area contributed by atoms with Gasteiger partial charge in [-0.1, -0.05) is 42.5 Å². The fraction of sp³-hybridized carbons (Fsp3) is 0.391. The average molecular weight is 442 g/mol. The Hall–Kier alpha value is -2.71. The van der Waals surface area contributed by atoms with Gasteiger partial charge in [0, 0.05) is 49.9 Å². The number of benzene rings is 2. The molecule has 2 heterocycles.